The number of amides is 1. The van der Waals surface area contributed by atoms with Crippen molar-refractivity contribution in [1.82, 2.24) is 4.90 Å². The summed E-state index contributed by atoms with van der Waals surface area (Å²) in [5.41, 5.74) is -0.0512. The Bertz CT molecular complexity index is 561. The van der Waals surface area contributed by atoms with Crippen molar-refractivity contribution in [2.45, 2.75) is 12.8 Å². The van der Waals surface area contributed by atoms with Gasteiger partial charge in [0.2, 0.25) is 5.91 Å². The molecule has 6 heteroatoms. The molecule has 0 aromatic heterocycles. The predicted octanol–water partition coefficient (Wildman–Crippen LogP) is 1.84. The number of rotatable bonds is 6. The third-order valence-electron chi connectivity index (χ3n) is 2.63. The molecule has 1 rings (SSSR count). The van der Waals surface area contributed by atoms with Crippen LogP contribution in [0.4, 0.5) is 4.39 Å². The van der Waals surface area contributed by atoms with E-state index >= 15 is 0 Å². The molecule has 0 aliphatic heterocycles. The fraction of sp³-hybridized carbons (Fsp3) is 0.357. The molecule has 0 bridgehead atoms. The molecule has 0 aliphatic carbocycles. The standard InChI is InChI=1S/C14H14FN3O2/c1-18(7-2-6-16)14(19)5-8-20-12-4-3-11(10-17)13(15)9-12/h3-4,9H,2,5,7-8H2,1H3. The topological polar surface area (TPSA) is 77.1 Å². The first-order chi connectivity index (χ1) is 9.58. The summed E-state index contributed by atoms with van der Waals surface area (Å²) in [6, 6.07) is 7.59. The van der Waals surface area contributed by atoms with Crippen molar-refractivity contribution in [2.75, 3.05) is 20.2 Å². The van der Waals surface area contributed by atoms with Crippen LogP contribution in [0.2, 0.25) is 0 Å². The van der Waals surface area contributed by atoms with E-state index in [0.29, 0.717) is 6.54 Å². The molecular formula is C14H14FN3O2. The van der Waals surface area contributed by atoms with E-state index in [1.54, 1.807) is 13.1 Å². The van der Waals surface area contributed by atoms with E-state index in [4.69, 9.17) is 15.3 Å². The summed E-state index contributed by atoms with van der Waals surface area (Å²) < 4.78 is 18.5. The average Bonchev–Trinajstić information content (AvgIpc) is 2.44. The van der Waals surface area contributed by atoms with E-state index < -0.39 is 5.82 Å². The second-order valence-electron chi connectivity index (χ2n) is 4.08. The molecule has 0 fully saturated rings. The van der Waals surface area contributed by atoms with Gasteiger partial charge in [-0.3, -0.25) is 4.79 Å². The molecule has 0 heterocycles. The third kappa shape index (κ3) is 4.58. The first-order valence-electron chi connectivity index (χ1n) is 6.02. The van der Waals surface area contributed by atoms with E-state index in [1.807, 2.05) is 6.07 Å². The van der Waals surface area contributed by atoms with E-state index in [9.17, 15) is 9.18 Å². The minimum atomic E-state index is -0.650. The maximum Gasteiger partial charge on any atom is 0.225 e. The molecule has 5 nitrogen and oxygen atoms in total. The second kappa shape index (κ2) is 7.75. The number of nitrogens with zero attached hydrogens (tertiary/aromatic N) is 3. The van der Waals surface area contributed by atoms with Gasteiger partial charge in [0.05, 0.1) is 31.1 Å². The summed E-state index contributed by atoms with van der Waals surface area (Å²) in [4.78, 5) is 13.1. The molecule has 104 valence electrons. The fourth-order valence-corrected chi connectivity index (χ4v) is 1.47. The first kappa shape index (κ1) is 15.5. The lowest BCUT2D eigenvalue weighted by Gasteiger charge is -2.15. The largest absolute Gasteiger partial charge is 0.493 e. The maximum atomic E-state index is 13.3. The number of ether oxygens (including phenoxy) is 1. The Labute approximate surface area is 116 Å². The van der Waals surface area contributed by atoms with Crippen LogP contribution in [0.3, 0.4) is 0 Å². The number of carbonyl (C=O) groups is 1. The zero-order valence-corrected chi connectivity index (χ0v) is 11.1. The van der Waals surface area contributed by atoms with Crippen molar-refractivity contribution in [3.63, 3.8) is 0 Å². The van der Waals surface area contributed by atoms with Gasteiger partial charge in [0.15, 0.2) is 0 Å². The van der Waals surface area contributed by atoms with E-state index in [0.717, 1.165) is 6.07 Å². The van der Waals surface area contributed by atoms with Crippen LogP contribution in [0.1, 0.15) is 18.4 Å². The zero-order chi connectivity index (χ0) is 15.0. The number of hydrogen-bond acceptors (Lipinski definition) is 4. The van der Waals surface area contributed by atoms with Gasteiger partial charge in [-0.2, -0.15) is 10.5 Å². The minimum Gasteiger partial charge on any atom is -0.493 e. The number of carbonyl (C=O) groups excluding carboxylic acids is 1. The van der Waals surface area contributed by atoms with Gasteiger partial charge >= 0.3 is 0 Å². The normalized spacial score (nSPS) is 9.40. The fourth-order valence-electron chi connectivity index (χ4n) is 1.47. The van der Waals surface area contributed by atoms with Crippen LogP contribution in [-0.4, -0.2) is 31.0 Å². The molecule has 0 saturated carbocycles. The summed E-state index contributed by atoms with van der Waals surface area (Å²) in [6.45, 7) is 0.488. The lowest BCUT2D eigenvalue weighted by Crippen LogP contribution is -2.28. The van der Waals surface area contributed by atoms with Crippen LogP contribution in [-0.2, 0) is 4.79 Å². The molecule has 0 atom stereocenters. The number of hydrogen-bond donors (Lipinski definition) is 0. The SMILES string of the molecule is CN(CCC#N)C(=O)CCOc1ccc(C#N)c(F)c1. The maximum absolute atomic E-state index is 13.3. The molecule has 0 spiro atoms. The molecule has 0 unspecified atom stereocenters. The second-order valence-corrected chi connectivity index (χ2v) is 4.08. The van der Waals surface area contributed by atoms with E-state index in [1.165, 1.54) is 17.0 Å². The summed E-state index contributed by atoms with van der Waals surface area (Å²) in [5, 5.41) is 17.0. The van der Waals surface area contributed by atoms with Gasteiger partial charge in [-0.15, -0.1) is 0 Å². The van der Waals surface area contributed by atoms with Gasteiger partial charge in [0.1, 0.15) is 17.6 Å². The van der Waals surface area contributed by atoms with Crippen molar-refractivity contribution in [3.05, 3.63) is 29.6 Å². The molecule has 1 amide bonds. The lowest BCUT2D eigenvalue weighted by molar-refractivity contribution is -0.130. The first-order valence-corrected chi connectivity index (χ1v) is 6.02. The number of benzene rings is 1. The summed E-state index contributed by atoms with van der Waals surface area (Å²) >= 11 is 0. The molecule has 1 aromatic carbocycles. The summed E-state index contributed by atoms with van der Waals surface area (Å²) in [7, 11) is 1.61. The van der Waals surface area contributed by atoms with E-state index in [-0.39, 0.29) is 36.7 Å². The smallest absolute Gasteiger partial charge is 0.225 e. The van der Waals surface area contributed by atoms with Gasteiger partial charge in [0.25, 0.3) is 0 Å². The Balaban J connectivity index is 2.41. The van der Waals surface area contributed by atoms with Gasteiger partial charge in [0, 0.05) is 19.7 Å². The van der Waals surface area contributed by atoms with Gasteiger partial charge in [-0.05, 0) is 12.1 Å². The van der Waals surface area contributed by atoms with Crippen molar-refractivity contribution in [1.29, 1.82) is 10.5 Å². The molecule has 0 N–H and O–H groups in total. The number of halogens is 1. The van der Waals surface area contributed by atoms with Crippen LogP contribution >= 0.6 is 0 Å². The van der Waals surface area contributed by atoms with Crippen LogP contribution < -0.4 is 4.74 Å². The molecule has 0 aliphatic rings. The predicted molar refractivity (Wildman–Crippen MR) is 69.1 cm³/mol. The highest BCUT2D eigenvalue weighted by atomic mass is 19.1. The Kier molecular flexibility index (Phi) is 5.99. The van der Waals surface area contributed by atoms with Crippen LogP contribution in [0, 0.1) is 28.5 Å². The monoisotopic (exact) mass is 275 g/mol. The van der Waals surface area contributed by atoms with Crippen LogP contribution in [0.25, 0.3) is 0 Å². The molecular weight excluding hydrogens is 261 g/mol. The van der Waals surface area contributed by atoms with Gasteiger partial charge in [-0.1, -0.05) is 0 Å². The highest BCUT2D eigenvalue weighted by Gasteiger charge is 2.09. The quantitative estimate of drug-likeness (QED) is 0.793. The zero-order valence-electron chi connectivity index (χ0n) is 11.1. The minimum absolute atomic E-state index is 0.0512. The van der Waals surface area contributed by atoms with Crippen LogP contribution in [0.5, 0.6) is 5.75 Å². The Morgan fingerprint density at radius 1 is 1.45 bits per heavy atom. The van der Waals surface area contributed by atoms with Crippen molar-refractivity contribution in [2.24, 2.45) is 0 Å². The Morgan fingerprint density at radius 2 is 2.20 bits per heavy atom. The van der Waals surface area contributed by atoms with Crippen molar-refractivity contribution >= 4 is 5.91 Å². The van der Waals surface area contributed by atoms with Gasteiger partial charge < -0.3 is 9.64 Å². The third-order valence-corrected chi connectivity index (χ3v) is 2.63. The Morgan fingerprint density at radius 3 is 2.80 bits per heavy atom. The highest BCUT2D eigenvalue weighted by molar-refractivity contribution is 5.75. The molecule has 1 aromatic rings. The number of nitriles is 2. The summed E-state index contributed by atoms with van der Waals surface area (Å²) in [6.07, 6.45) is 0.424. The average molecular weight is 275 g/mol. The highest BCUT2D eigenvalue weighted by Crippen LogP contribution is 2.16. The van der Waals surface area contributed by atoms with Crippen LogP contribution in [0.15, 0.2) is 18.2 Å². The summed E-state index contributed by atoms with van der Waals surface area (Å²) in [5.74, 6) is -0.522. The van der Waals surface area contributed by atoms with Crippen molar-refractivity contribution in [3.8, 4) is 17.9 Å². The lowest BCUT2D eigenvalue weighted by atomic mass is 10.2. The molecule has 0 radical (unpaired) electrons. The Hall–Kier alpha value is -2.60. The molecule has 20 heavy (non-hydrogen) atoms. The van der Waals surface area contributed by atoms with Crippen molar-refractivity contribution < 1.29 is 13.9 Å². The van der Waals surface area contributed by atoms with E-state index in [2.05, 4.69) is 0 Å². The van der Waals surface area contributed by atoms with Gasteiger partial charge in [-0.25, -0.2) is 4.39 Å². The molecule has 0 saturated heterocycles.